The van der Waals surface area contributed by atoms with Crippen LogP contribution in [0.15, 0.2) is 54.9 Å². The molecular weight excluding hydrogens is 356 g/mol. The second-order valence-corrected chi connectivity index (χ2v) is 6.37. The molecule has 7 heteroatoms. The van der Waals surface area contributed by atoms with Crippen LogP contribution in [-0.4, -0.2) is 29.2 Å². The van der Waals surface area contributed by atoms with Crippen LogP contribution < -0.4 is 19.7 Å². The van der Waals surface area contributed by atoms with Crippen molar-refractivity contribution in [1.29, 1.82) is 0 Å². The number of amides is 1. The number of rotatable bonds is 5. The van der Waals surface area contributed by atoms with Crippen LogP contribution >= 0.6 is 0 Å². The highest BCUT2D eigenvalue weighted by Gasteiger charge is 2.17. The minimum absolute atomic E-state index is 0.188. The number of carbonyl (C=O) groups excluding carboxylic acids is 1. The third-order valence-corrected chi connectivity index (χ3v) is 4.42. The molecule has 0 fully saturated rings. The number of anilines is 3. The number of hydrogen-bond donors (Lipinski definition) is 1. The molecule has 3 aromatic rings. The molecule has 0 bridgehead atoms. The Morgan fingerprint density at radius 2 is 1.96 bits per heavy atom. The van der Waals surface area contributed by atoms with Gasteiger partial charge >= 0.3 is 0 Å². The number of ether oxygens (including phenoxy) is 2. The number of carbonyl (C=O) groups is 1. The van der Waals surface area contributed by atoms with Crippen molar-refractivity contribution >= 4 is 23.1 Å². The molecule has 0 spiro atoms. The molecule has 1 amide bonds. The minimum Gasteiger partial charge on any atom is -0.454 e. The van der Waals surface area contributed by atoms with E-state index in [1.165, 1.54) is 6.33 Å². The van der Waals surface area contributed by atoms with Crippen molar-refractivity contribution in [2.24, 2.45) is 0 Å². The summed E-state index contributed by atoms with van der Waals surface area (Å²) in [7, 11) is 0. The molecule has 142 valence electrons. The molecule has 7 nitrogen and oxygen atoms in total. The molecule has 28 heavy (non-hydrogen) atoms. The average molecular weight is 376 g/mol. The highest BCUT2D eigenvalue weighted by atomic mass is 16.7. The van der Waals surface area contributed by atoms with E-state index in [1.54, 1.807) is 24.3 Å². The molecule has 1 aliphatic rings. The fourth-order valence-corrected chi connectivity index (χ4v) is 3.06. The number of fused-ring (bicyclic) bond motifs is 1. The van der Waals surface area contributed by atoms with Crippen LogP contribution in [0.25, 0.3) is 0 Å². The monoisotopic (exact) mass is 376 g/mol. The highest BCUT2D eigenvalue weighted by Crippen LogP contribution is 2.34. The maximum Gasteiger partial charge on any atom is 0.274 e. The highest BCUT2D eigenvalue weighted by molar-refractivity contribution is 6.03. The zero-order valence-electron chi connectivity index (χ0n) is 15.7. The summed E-state index contributed by atoms with van der Waals surface area (Å²) in [5.41, 5.74) is 3.07. The fraction of sp³-hybridized carbons (Fsp3) is 0.190. The van der Waals surface area contributed by atoms with Gasteiger partial charge < -0.3 is 19.7 Å². The van der Waals surface area contributed by atoms with Gasteiger partial charge in [0.1, 0.15) is 17.8 Å². The third-order valence-electron chi connectivity index (χ3n) is 4.42. The van der Waals surface area contributed by atoms with E-state index in [4.69, 9.17) is 9.47 Å². The first kappa shape index (κ1) is 17.8. The lowest BCUT2D eigenvalue weighted by molar-refractivity contribution is 0.102. The van der Waals surface area contributed by atoms with Crippen LogP contribution in [0.4, 0.5) is 17.2 Å². The summed E-state index contributed by atoms with van der Waals surface area (Å²) in [4.78, 5) is 23.2. The van der Waals surface area contributed by atoms with Crippen molar-refractivity contribution in [3.63, 3.8) is 0 Å². The summed E-state index contributed by atoms with van der Waals surface area (Å²) in [6.45, 7) is 4.98. The first-order valence-electron chi connectivity index (χ1n) is 9.01. The topological polar surface area (TPSA) is 76.6 Å². The molecule has 1 aromatic heterocycles. The SMILES string of the molecule is CCN(c1cccc(C)c1)c1cc(C(=O)Nc2ccc3c(c2)OCO3)ncn1. The summed E-state index contributed by atoms with van der Waals surface area (Å²) >= 11 is 0. The fourth-order valence-electron chi connectivity index (χ4n) is 3.06. The second kappa shape index (κ2) is 7.56. The molecule has 2 heterocycles. The standard InChI is InChI=1S/C21H20N4O3/c1-3-25(16-6-4-5-14(2)9-16)20-11-17(22-12-23-20)21(26)24-15-7-8-18-19(10-15)28-13-27-18/h4-12H,3,13H2,1-2H3,(H,24,26). The number of nitrogens with zero attached hydrogens (tertiary/aromatic N) is 3. The maximum absolute atomic E-state index is 12.7. The molecule has 0 radical (unpaired) electrons. The van der Waals surface area contributed by atoms with E-state index in [1.807, 2.05) is 36.9 Å². The van der Waals surface area contributed by atoms with E-state index in [0.29, 0.717) is 29.5 Å². The molecular formula is C21H20N4O3. The van der Waals surface area contributed by atoms with Gasteiger partial charge in [0.15, 0.2) is 11.5 Å². The quantitative estimate of drug-likeness (QED) is 0.727. The first-order valence-corrected chi connectivity index (χ1v) is 9.01. The van der Waals surface area contributed by atoms with E-state index in [9.17, 15) is 4.79 Å². The lowest BCUT2D eigenvalue weighted by Gasteiger charge is -2.22. The largest absolute Gasteiger partial charge is 0.454 e. The predicted molar refractivity (Wildman–Crippen MR) is 106 cm³/mol. The Bertz CT molecular complexity index is 1020. The van der Waals surface area contributed by atoms with Gasteiger partial charge in [-0.05, 0) is 43.7 Å². The third kappa shape index (κ3) is 3.59. The second-order valence-electron chi connectivity index (χ2n) is 6.37. The van der Waals surface area contributed by atoms with Crippen LogP contribution in [0, 0.1) is 6.92 Å². The predicted octanol–water partition coefficient (Wildman–Crippen LogP) is 3.92. The van der Waals surface area contributed by atoms with Gasteiger partial charge in [0, 0.05) is 30.1 Å². The zero-order valence-corrected chi connectivity index (χ0v) is 15.7. The van der Waals surface area contributed by atoms with Gasteiger partial charge in [-0.3, -0.25) is 4.79 Å². The Morgan fingerprint density at radius 1 is 1.11 bits per heavy atom. The van der Waals surface area contributed by atoms with E-state index in [2.05, 4.69) is 21.4 Å². The van der Waals surface area contributed by atoms with Crippen LogP contribution in [-0.2, 0) is 0 Å². The molecule has 0 aliphatic carbocycles. The lowest BCUT2D eigenvalue weighted by Crippen LogP contribution is -2.20. The number of hydrogen-bond acceptors (Lipinski definition) is 6. The normalized spacial score (nSPS) is 11.9. The summed E-state index contributed by atoms with van der Waals surface area (Å²) in [5, 5.41) is 2.84. The van der Waals surface area contributed by atoms with Gasteiger partial charge in [0.05, 0.1) is 0 Å². The molecule has 4 rings (SSSR count). The van der Waals surface area contributed by atoms with Gasteiger partial charge in [-0.1, -0.05) is 12.1 Å². The van der Waals surface area contributed by atoms with Crippen molar-refractivity contribution in [3.8, 4) is 11.5 Å². The van der Waals surface area contributed by atoms with Crippen LogP contribution in [0.2, 0.25) is 0 Å². The van der Waals surface area contributed by atoms with E-state index in [0.717, 1.165) is 11.3 Å². The van der Waals surface area contributed by atoms with Crippen LogP contribution in [0.5, 0.6) is 11.5 Å². The van der Waals surface area contributed by atoms with E-state index >= 15 is 0 Å². The molecule has 0 unspecified atom stereocenters. The van der Waals surface area contributed by atoms with Crippen molar-refractivity contribution in [2.45, 2.75) is 13.8 Å². The van der Waals surface area contributed by atoms with Gasteiger partial charge in [-0.15, -0.1) is 0 Å². The van der Waals surface area contributed by atoms with Gasteiger partial charge in [-0.25, -0.2) is 9.97 Å². The minimum atomic E-state index is -0.317. The van der Waals surface area contributed by atoms with Crippen LogP contribution in [0.3, 0.4) is 0 Å². The Labute approximate surface area is 163 Å². The molecule has 0 saturated carbocycles. The maximum atomic E-state index is 12.7. The summed E-state index contributed by atoms with van der Waals surface area (Å²) < 4.78 is 10.6. The average Bonchev–Trinajstić information content (AvgIpc) is 3.17. The Balaban J connectivity index is 1.56. The number of aryl methyl sites for hydroxylation is 1. The van der Waals surface area contributed by atoms with E-state index in [-0.39, 0.29) is 18.4 Å². The molecule has 2 aromatic carbocycles. The van der Waals surface area contributed by atoms with Crippen LogP contribution in [0.1, 0.15) is 23.0 Å². The van der Waals surface area contributed by atoms with Gasteiger partial charge in [0.25, 0.3) is 5.91 Å². The number of benzene rings is 2. The number of nitrogens with one attached hydrogen (secondary N) is 1. The summed E-state index contributed by atoms with van der Waals surface area (Å²) in [6, 6.07) is 15.1. The van der Waals surface area contributed by atoms with Gasteiger partial charge in [0.2, 0.25) is 6.79 Å². The number of aromatic nitrogens is 2. The Kier molecular flexibility index (Phi) is 4.80. The molecule has 0 atom stereocenters. The molecule has 1 N–H and O–H groups in total. The van der Waals surface area contributed by atoms with Crippen molar-refractivity contribution < 1.29 is 14.3 Å². The first-order chi connectivity index (χ1) is 13.6. The van der Waals surface area contributed by atoms with Gasteiger partial charge in [-0.2, -0.15) is 0 Å². The zero-order chi connectivity index (χ0) is 19.5. The van der Waals surface area contributed by atoms with Crippen molar-refractivity contribution in [1.82, 2.24) is 9.97 Å². The smallest absolute Gasteiger partial charge is 0.274 e. The summed E-state index contributed by atoms with van der Waals surface area (Å²) in [6.07, 6.45) is 1.41. The molecule has 1 aliphatic heterocycles. The van der Waals surface area contributed by atoms with Crippen molar-refractivity contribution in [3.05, 3.63) is 66.1 Å². The van der Waals surface area contributed by atoms with E-state index < -0.39 is 0 Å². The molecule has 0 saturated heterocycles. The summed E-state index contributed by atoms with van der Waals surface area (Å²) in [5.74, 6) is 1.62. The lowest BCUT2D eigenvalue weighted by atomic mass is 10.2. The Hall–Kier alpha value is -3.61. The Morgan fingerprint density at radius 3 is 2.79 bits per heavy atom. The van der Waals surface area contributed by atoms with Crippen molar-refractivity contribution in [2.75, 3.05) is 23.6 Å².